The molecule has 1 rings (SSSR count). The van der Waals surface area contributed by atoms with Crippen LogP contribution >= 0.6 is 23.4 Å². The van der Waals surface area contributed by atoms with Gasteiger partial charge >= 0.3 is 0 Å². The molecule has 0 unspecified atom stereocenters. The summed E-state index contributed by atoms with van der Waals surface area (Å²) in [7, 11) is 1.55. The second-order valence-electron chi connectivity index (χ2n) is 2.32. The fourth-order valence-corrected chi connectivity index (χ4v) is 2.12. The molecule has 0 fully saturated rings. The zero-order valence-corrected chi connectivity index (χ0v) is 8.91. The minimum Gasteiger partial charge on any atom is -0.495 e. The van der Waals surface area contributed by atoms with Gasteiger partial charge in [0.15, 0.2) is 6.29 Å². The first-order chi connectivity index (χ1) is 6.24. The number of ether oxygens (including phenoxy) is 1. The van der Waals surface area contributed by atoms with Gasteiger partial charge in [-0.1, -0.05) is 11.6 Å². The predicted octanol–water partition coefficient (Wildman–Crippen LogP) is 2.88. The summed E-state index contributed by atoms with van der Waals surface area (Å²) in [5.74, 6) is 0.594. The van der Waals surface area contributed by atoms with Gasteiger partial charge < -0.3 is 4.74 Å². The number of thioether (sulfide) groups is 1. The lowest BCUT2D eigenvalue weighted by Gasteiger charge is -2.08. The Kier molecular flexibility index (Phi) is 3.63. The second kappa shape index (κ2) is 4.53. The molecule has 0 aromatic heterocycles. The fraction of sp³-hybridized carbons (Fsp3) is 0.222. The Morgan fingerprint density at radius 2 is 2.23 bits per heavy atom. The van der Waals surface area contributed by atoms with E-state index >= 15 is 0 Å². The summed E-state index contributed by atoms with van der Waals surface area (Å²) in [4.78, 5) is 11.4. The molecule has 2 nitrogen and oxygen atoms in total. The van der Waals surface area contributed by atoms with E-state index in [-0.39, 0.29) is 0 Å². The van der Waals surface area contributed by atoms with Crippen LogP contribution in [0.5, 0.6) is 5.75 Å². The highest BCUT2D eigenvalue weighted by atomic mass is 35.5. The maximum atomic E-state index is 10.6. The Hall–Kier alpha value is -0.670. The second-order valence-corrected chi connectivity index (χ2v) is 3.52. The summed E-state index contributed by atoms with van der Waals surface area (Å²) in [6, 6.07) is 3.38. The molecule has 0 aliphatic carbocycles. The highest BCUT2D eigenvalue weighted by Crippen LogP contribution is 2.35. The van der Waals surface area contributed by atoms with Gasteiger partial charge in [0.1, 0.15) is 5.75 Å². The summed E-state index contributed by atoms with van der Waals surface area (Å²) >= 11 is 7.42. The van der Waals surface area contributed by atoms with Crippen molar-refractivity contribution >= 4 is 29.6 Å². The predicted molar refractivity (Wildman–Crippen MR) is 55.2 cm³/mol. The molecule has 0 saturated carbocycles. The molecule has 1 aromatic carbocycles. The molecule has 0 radical (unpaired) electrons. The third kappa shape index (κ3) is 1.98. The topological polar surface area (TPSA) is 26.3 Å². The van der Waals surface area contributed by atoms with Crippen molar-refractivity contribution in [2.75, 3.05) is 13.4 Å². The van der Waals surface area contributed by atoms with Crippen LogP contribution in [0.25, 0.3) is 0 Å². The van der Waals surface area contributed by atoms with Crippen LogP contribution in [-0.2, 0) is 0 Å². The SMILES string of the molecule is COc1ccc(C=O)c(SC)c1Cl. The molecular formula is C9H9ClO2S. The summed E-state index contributed by atoms with van der Waals surface area (Å²) < 4.78 is 5.03. The molecule has 0 saturated heterocycles. The van der Waals surface area contributed by atoms with Crippen molar-refractivity contribution in [2.45, 2.75) is 4.90 Å². The zero-order valence-electron chi connectivity index (χ0n) is 7.33. The maximum Gasteiger partial charge on any atom is 0.151 e. The van der Waals surface area contributed by atoms with Gasteiger partial charge in [-0.3, -0.25) is 4.79 Å². The highest BCUT2D eigenvalue weighted by Gasteiger charge is 2.10. The molecule has 70 valence electrons. The summed E-state index contributed by atoms with van der Waals surface area (Å²) in [6.45, 7) is 0. The normalized spacial score (nSPS) is 9.77. The van der Waals surface area contributed by atoms with E-state index in [9.17, 15) is 4.79 Å². The molecule has 4 heteroatoms. The quantitative estimate of drug-likeness (QED) is 0.574. The number of hydrogen-bond acceptors (Lipinski definition) is 3. The van der Waals surface area contributed by atoms with Crippen LogP contribution in [0.2, 0.25) is 5.02 Å². The van der Waals surface area contributed by atoms with Gasteiger partial charge in [-0.2, -0.15) is 0 Å². The Labute approximate surface area is 86.2 Å². The minimum absolute atomic E-state index is 0.500. The van der Waals surface area contributed by atoms with Crippen molar-refractivity contribution < 1.29 is 9.53 Å². The number of methoxy groups -OCH3 is 1. The van der Waals surface area contributed by atoms with Gasteiger partial charge in [0.2, 0.25) is 0 Å². The van der Waals surface area contributed by atoms with E-state index in [1.54, 1.807) is 19.2 Å². The first-order valence-corrected chi connectivity index (χ1v) is 5.20. The van der Waals surface area contributed by atoms with Crippen molar-refractivity contribution in [3.05, 3.63) is 22.7 Å². The van der Waals surface area contributed by atoms with Crippen molar-refractivity contribution in [1.82, 2.24) is 0 Å². The third-order valence-corrected chi connectivity index (χ3v) is 2.98. The number of hydrogen-bond donors (Lipinski definition) is 0. The van der Waals surface area contributed by atoms with Crippen LogP contribution in [0.4, 0.5) is 0 Å². The Morgan fingerprint density at radius 1 is 1.54 bits per heavy atom. The first-order valence-electron chi connectivity index (χ1n) is 3.60. The Bertz CT molecular complexity index is 326. The average Bonchev–Trinajstić information content (AvgIpc) is 2.17. The van der Waals surface area contributed by atoms with Crippen LogP contribution in [0, 0.1) is 0 Å². The highest BCUT2D eigenvalue weighted by molar-refractivity contribution is 7.98. The standard InChI is InChI=1S/C9H9ClO2S/c1-12-7-4-3-6(5-11)9(13-2)8(7)10/h3-5H,1-2H3. The lowest BCUT2D eigenvalue weighted by Crippen LogP contribution is -1.90. The number of halogens is 1. The van der Waals surface area contributed by atoms with Gasteiger partial charge in [0, 0.05) is 10.5 Å². The molecule has 0 spiro atoms. The molecule has 0 bridgehead atoms. The molecule has 0 amide bonds. The summed E-state index contributed by atoms with van der Waals surface area (Å²) in [6.07, 6.45) is 2.66. The lowest BCUT2D eigenvalue weighted by atomic mass is 10.2. The van der Waals surface area contributed by atoms with Crippen molar-refractivity contribution in [3.63, 3.8) is 0 Å². The largest absolute Gasteiger partial charge is 0.495 e. The van der Waals surface area contributed by atoms with E-state index in [2.05, 4.69) is 0 Å². The number of benzene rings is 1. The Morgan fingerprint density at radius 3 is 2.69 bits per heavy atom. The minimum atomic E-state index is 0.500. The maximum absolute atomic E-state index is 10.6. The van der Waals surface area contributed by atoms with Crippen LogP contribution in [-0.4, -0.2) is 19.7 Å². The molecule has 0 aliphatic heterocycles. The van der Waals surface area contributed by atoms with E-state index in [0.29, 0.717) is 16.3 Å². The average molecular weight is 217 g/mol. The van der Waals surface area contributed by atoms with Gasteiger partial charge in [-0.05, 0) is 18.4 Å². The van der Waals surface area contributed by atoms with Crippen molar-refractivity contribution in [2.24, 2.45) is 0 Å². The van der Waals surface area contributed by atoms with Gasteiger partial charge in [-0.15, -0.1) is 11.8 Å². The number of carbonyl (C=O) groups excluding carboxylic acids is 1. The van der Waals surface area contributed by atoms with Crippen LogP contribution in [0.3, 0.4) is 0 Å². The molecular weight excluding hydrogens is 208 g/mol. The monoisotopic (exact) mass is 216 g/mol. The molecule has 0 N–H and O–H groups in total. The first kappa shape index (κ1) is 10.4. The van der Waals surface area contributed by atoms with Crippen molar-refractivity contribution in [3.8, 4) is 5.75 Å². The lowest BCUT2D eigenvalue weighted by molar-refractivity contribution is 0.112. The van der Waals surface area contributed by atoms with Gasteiger partial charge in [0.25, 0.3) is 0 Å². The Balaban J connectivity index is 3.31. The van der Waals surface area contributed by atoms with E-state index in [1.807, 2.05) is 6.26 Å². The van der Waals surface area contributed by atoms with Crippen LogP contribution in [0.15, 0.2) is 17.0 Å². The number of rotatable bonds is 3. The molecule has 0 aliphatic rings. The molecule has 1 aromatic rings. The van der Waals surface area contributed by atoms with Gasteiger partial charge in [0.05, 0.1) is 12.1 Å². The number of carbonyl (C=O) groups is 1. The van der Waals surface area contributed by atoms with Gasteiger partial charge in [-0.25, -0.2) is 0 Å². The van der Waals surface area contributed by atoms with E-state index in [0.717, 1.165) is 11.2 Å². The van der Waals surface area contributed by atoms with Crippen LogP contribution < -0.4 is 4.74 Å². The molecule has 0 atom stereocenters. The molecule has 13 heavy (non-hydrogen) atoms. The van der Waals surface area contributed by atoms with E-state index < -0.39 is 0 Å². The fourth-order valence-electron chi connectivity index (χ4n) is 1.01. The summed E-state index contributed by atoms with van der Waals surface area (Å²) in [5, 5.41) is 0.500. The summed E-state index contributed by atoms with van der Waals surface area (Å²) in [5.41, 5.74) is 0.596. The smallest absolute Gasteiger partial charge is 0.151 e. The van der Waals surface area contributed by atoms with E-state index in [4.69, 9.17) is 16.3 Å². The van der Waals surface area contributed by atoms with Crippen LogP contribution in [0.1, 0.15) is 10.4 Å². The zero-order chi connectivity index (χ0) is 9.84. The van der Waals surface area contributed by atoms with E-state index in [1.165, 1.54) is 11.8 Å². The third-order valence-electron chi connectivity index (χ3n) is 1.64. The molecule has 0 heterocycles. The van der Waals surface area contributed by atoms with Crippen molar-refractivity contribution in [1.29, 1.82) is 0 Å². The number of aldehydes is 1.